The molecular formula is C14H11N3S2. The van der Waals surface area contributed by atoms with Gasteiger partial charge in [0.15, 0.2) is 5.11 Å². The summed E-state index contributed by atoms with van der Waals surface area (Å²) >= 11 is 6.21. The molecule has 0 bridgehead atoms. The summed E-state index contributed by atoms with van der Waals surface area (Å²) in [6.07, 6.45) is 1.66. The first-order chi connectivity index (χ1) is 9.24. The number of thiophene rings is 1. The minimum atomic E-state index is 0.150. The van der Waals surface area contributed by atoms with E-state index in [4.69, 9.17) is 5.73 Å². The van der Waals surface area contributed by atoms with Crippen LogP contribution >= 0.6 is 23.6 Å². The zero-order chi connectivity index (χ0) is 13.5. The zero-order valence-electron chi connectivity index (χ0n) is 9.96. The number of hydrogen-bond donors (Lipinski definition) is 2. The first-order valence-electron chi connectivity index (χ1n) is 5.48. The molecule has 0 atom stereocenters. The third-order valence-electron chi connectivity index (χ3n) is 2.11. The minimum absolute atomic E-state index is 0.150. The Labute approximate surface area is 121 Å². The van der Waals surface area contributed by atoms with Crippen LogP contribution in [0, 0.1) is 11.8 Å². The molecule has 0 fully saturated rings. The summed E-state index contributed by atoms with van der Waals surface area (Å²) in [6.45, 7) is 0. The highest BCUT2D eigenvalue weighted by Gasteiger charge is 1.94. The Morgan fingerprint density at radius 2 is 2.00 bits per heavy atom. The quantitative estimate of drug-likeness (QED) is 0.385. The third kappa shape index (κ3) is 4.54. The molecule has 5 heteroatoms. The van der Waals surface area contributed by atoms with Gasteiger partial charge in [-0.2, -0.15) is 5.10 Å². The first kappa shape index (κ1) is 13.3. The molecule has 0 aliphatic carbocycles. The molecule has 0 saturated carbocycles. The van der Waals surface area contributed by atoms with Crippen LogP contribution in [0.25, 0.3) is 0 Å². The van der Waals surface area contributed by atoms with Crippen molar-refractivity contribution < 1.29 is 0 Å². The van der Waals surface area contributed by atoms with Crippen molar-refractivity contribution in [3.63, 3.8) is 0 Å². The maximum absolute atomic E-state index is 5.26. The summed E-state index contributed by atoms with van der Waals surface area (Å²) in [4.78, 5) is 0.987. The van der Waals surface area contributed by atoms with E-state index in [1.54, 1.807) is 17.6 Å². The number of nitrogens with one attached hydrogen (secondary N) is 1. The molecular weight excluding hydrogens is 274 g/mol. The van der Waals surface area contributed by atoms with Gasteiger partial charge in [0, 0.05) is 21.4 Å². The van der Waals surface area contributed by atoms with Gasteiger partial charge in [0.25, 0.3) is 0 Å². The Balaban J connectivity index is 2.04. The number of nitrogens with two attached hydrogens (primary N) is 1. The van der Waals surface area contributed by atoms with Crippen LogP contribution in [0.15, 0.2) is 46.9 Å². The predicted molar refractivity (Wildman–Crippen MR) is 84.3 cm³/mol. The molecule has 0 radical (unpaired) electrons. The molecule has 3 N–H and O–H groups in total. The molecule has 1 aromatic heterocycles. The summed E-state index contributed by atoms with van der Waals surface area (Å²) < 4.78 is 0. The van der Waals surface area contributed by atoms with E-state index in [9.17, 15) is 0 Å². The topological polar surface area (TPSA) is 50.4 Å². The molecule has 94 valence electrons. The lowest BCUT2D eigenvalue weighted by Gasteiger charge is -1.91. The van der Waals surface area contributed by atoms with Gasteiger partial charge in [-0.15, -0.1) is 11.3 Å². The Morgan fingerprint density at radius 1 is 1.26 bits per heavy atom. The van der Waals surface area contributed by atoms with Crippen molar-refractivity contribution in [2.75, 3.05) is 0 Å². The molecule has 0 unspecified atom stereocenters. The molecule has 0 spiro atoms. The molecule has 1 aromatic carbocycles. The van der Waals surface area contributed by atoms with Crippen LogP contribution in [-0.4, -0.2) is 11.3 Å². The van der Waals surface area contributed by atoms with Gasteiger partial charge in [-0.05, 0) is 30.4 Å². The normalized spacial score (nSPS) is 9.89. The van der Waals surface area contributed by atoms with Gasteiger partial charge in [0.1, 0.15) is 0 Å². The van der Waals surface area contributed by atoms with Gasteiger partial charge >= 0.3 is 0 Å². The standard InChI is InChI=1S/C14H11N3S2/c15-14(18)17-16-9-13-8-12(10-19-13)7-6-11-4-2-1-3-5-11/h1-5,8-10H,(H3,15,17,18)/b16-9-. The lowest BCUT2D eigenvalue weighted by Crippen LogP contribution is -2.23. The summed E-state index contributed by atoms with van der Waals surface area (Å²) in [7, 11) is 0. The number of thiocarbonyl (C=S) groups is 1. The maximum Gasteiger partial charge on any atom is 0.184 e. The lowest BCUT2D eigenvalue weighted by molar-refractivity contribution is 1.04. The van der Waals surface area contributed by atoms with Crippen molar-refractivity contribution in [1.82, 2.24) is 5.43 Å². The molecule has 0 saturated heterocycles. The van der Waals surface area contributed by atoms with Gasteiger partial charge in [0.05, 0.1) is 6.21 Å². The monoisotopic (exact) mass is 285 g/mol. The lowest BCUT2D eigenvalue weighted by atomic mass is 10.2. The molecule has 0 aliphatic heterocycles. The SMILES string of the molecule is NC(=S)N/N=C\c1cc(C#Cc2ccccc2)cs1. The van der Waals surface area contributed by atoms with Crippen molar-refractivity contribution >= 4 is 34.9 Å². The Hall–Kier alpha value is -2.16. The largest absolute Gasteiger partial charge is 0.375 e. The van der Waals surface area contributed by atoms with Crippen LogP contribution in [0.1, 0.15) is 16.0 Å². The second kappa shape index (κ2) is 6.69. The minimum Gasteiger partial charge on any atom is -0.375 e. The number of hydrogen-bond acceptors (Lipinski definition) is 3. The first-order valence-corrected chi connectivity index (χ1v) is 6.77. The highest BCUT2D eigenvalue weighted by atomic mass is 32.1. The van der Waals surface area contributed by atoms with E-state index in [0.29, 0.717) is 0 Å². The molecule has 2 aromatic rings. The zero-order valence-corrected chi connectivity index (χ0v) is 11.6. The van der Waals surface area contributed by atoms with E-state index in [0.717, 1.165) is 16.0 Å². The number of benzene rings is 1. The van der Waals surface area contributed by atoms with Gasteiger partial charge in [-0.1, -0.05) is 30.0 Å². The van der Waals surface area contributed by atoms with Crippen LogP contribution in [0.3, 0.4) is 0 Å². The van der Waals surface area contributed by atoms with Crippen molar-refractivity contribution in [2.24, 2.45) is 10.8 Å². The Kier molecular flexibility index (Phi) is 4.67. The molecule has 0 aliphatic rings. The summed E-state index contributed by atoms with van der Waals surface area (Å²) in [5.74, 6) is 6.21. The van der Waals surface area contributed by atoms with Crippen LogP contribution < -0.4 is 11.2 Å². The fraction of sp³-hybridized carbons (Fsp3) is 0. The van der Waals surface area contributed by atoms with Gasteiger partial charge in [0.2, 0.25) is 0 Å². The summed E-state index contributed by atoms with van der Waals surface area (Å²) in [6, 6.07) is 11.8. The van der Waals surface area contributed by atoms with E-state index >= 15 is 0 Å². The van der Waals surface area contributed by atoms with E-state index in [1.807, 2.05) is 41.8 Å². The fourth-order valence-corrected chi connectivity index (χ4v) is 2.06. The molecule has 0 amide bonds. The number of hydrazone groups is 1. The highest BCUT2D eigenvalue weighted by molar-refractivity contribution is 7.80. The number of nitrogens with zero attached hydrogens (tertiary/aromatic N) is 1. The molecule has 19 heavy (non-hydrogen) atoms. The number of rotatable bonds is 2. The molecule has 1 heterocycles. The van der Waals surface area contributed by atoms with E-state index in [2.05, 4.69) is 34.6 Å². The highest BCUT2D eigenvalue weighted by Crippen LogP contribution is 2.11. The summed E-state index contributed by atoms with van der Waals surface area (Å²) in [5.41, 5.74) is 9.73. The smallest absolute Gasteiger partial charge is 0.184 e. The molecule has 2 rings (SSSR count). The van der Waals surface area contributed by atoms with Crippen molar-refractivity contribution in [3.8, 4) is 11.8 Å². The van der Waals surface area contributed by atoms with E-state index in [1.165, 1.54) is 0 Å². The summed E-state index contributed by atoms with van der Waals surface area (Å²) in [5, 5.41) is 6.03. The van der Waals surface area contributed by atoms with Gasteiger partial charge < -0.3 is 5.73 Å². The van der Waals surface area contributed by atoms with Crippen LogP contribution in [0.4, 0.5) is 0 Å². The Bertz CT molecular complexity index is 648. The van der Waals surface area contributed by atoms with Crippen molar-refractivity contribution in [1.29, 1.82) is 0 Å². The average molecular weight is 285 g/mol. The average Bonchev–Trinajstić information content (AvgIpc) is 2.85. The predicted octanol–water partition coefficient (Wildman–Crippen LogP) is 2.32. The second-order valence-corrected chi connectivity index (χ2v) is 4.97. The second-order valence-electron chi connectivity index (χ2n) is 3.59. The van der Waals surface area contributed by atoms with Crippen LogP contribution in [0.5, 0.6) is 0 Å². The van der Waals surface area contributed by atoms with Gasteiger partial charge in [-0.3, -0.25) is 5.43 Å². The van der Waals surface area contributed by atoms with E-state index in [-0.39, 0.29) is 5.11 Å². The van der Waals surface area contributed by atoms with Crippen molar-refractivity contribution in [3.05, 3.63) is 57.8 Å². The van der Waals surface area contributed by atoms with Gasteiger partial charge in [-0.25, -0.2) is 0 Å². The van der Waals surface area contributed by atoms with Crippen LogP contribution in [0.2, 0.25) is 0 Å². The third-order valence-corrected chi connectivity index (χ3v) is 3.07. The fourth-order valence-electron chi connectivity index (χ4n) is 1.31. The van der Waals surface area contributed by atoms with E-state index < -0.39 is 0 Å². The Morgan fingerprint density at radius 3 is 2.74 bits per heavy atom. The molecule has 3 nitrogen and oxygen atoms in total. The van der Waals surface area contributed by atoms with Crippen LogP contribution in [-0.2, 0) is 0 Å². The van der Waals surface area contributed by atoms with Crippen molar-refractivity contribution in [2.45, 2.75) is 0 Å². The maximum atomic E-state index is 5.26.